The van der Waals surface area contributed by atoms with Gasteiger partial charge in [0.15, 0.2) is 0 Å². The molecule has 2 aromatic carbocycles. The molecule has 0 atom stereocenters. The predicted octanol–water partition coefficient (Wildman–Crippen LogP) is 3.51. The van der Waals surface area contributed by atoms with Gasteiger partial charge >= 0.3 is 6.61 Å². The van der Waals surface area contributed by atoms with E-state index in [1.54, 1.807) is 28.0 Å². The molecule has 7 heteroatoms. The Morgan fingerprint density at radius 1 is 1.00 bits per heavy atom. The van der Waals surface area contributed by atoms with Gasteiger partial charge in [-0.05, 0) is 43.2 Å². The molecule has 0 aromatic heterocycles. The van der Waals surface area contributed by atoms with E-state index in [1.165, 1.54) is 12.1 Å². The highest BCUT2D eigenvalue weighted by molar-refractivity contribution is 5.94. The van der Waals surface area contributed by atoms with E-state index in [-0.39, 0.29) is 24.0 Å². The van der Waals surface area contributed by atoms with Crippen LogP contribution in [-0.2, 0) is 11.2 Å². The third-order valence-electron chi connectivity index (χ3n) is 4.88. The molecule has 3 rings (SSSR count). The first-order chi connectivity index (χ1) is 13.9. The Balaban J connectivity index is 1.59. The van der Waals surface area contributed by atoms with Crippen LogP contribution >= 0.6 is 0 Å². The molecule has 1 aliphatic rings. The molecule has 0 bridgehead atoms. The Morgan fingerprint density at radius 2 is 1.72 bits per heavy atom. The van der Waals surface area contributed by atoms with E-state index in [2.05, 4.69) is 4.74 Å². The number of hydrogen-bond acceptors (Lipinski definition) is 3. The number of carbonyl (C=O) groups excluding carboxylic acids is 2. The maximum absolute atomic E-state index is 12.7. The van der Waals surface area contributed by atoms with Crippen LogP contribution in [0.5, 0.6) is 5.75 Å². The van der Waals surface area contributed by atoms with E-state index in [9.17, 15) is 18.4 Å². The number of halogens is 2. The number of rotatable bonds is 5. The van der Waals surface area contributed by atoms with Crippen LogP contribution in [0.25, 0.3) is 0 Å². The number of carbonyl (C=O) groups is 2. The second-order valence-electron chi connectivity index (χ2n) is 7.10. The molecule has 1 aliphatic heterocycles. The van der Waals surface area contributed by atoms with Gasteiger partial charge in [0, 0.05) is 31.7 Å². The van der Waals surface area contributed by atoms with Gasteiger partial charge in [0.05, 0.1) is 6.42 Å². The van der Waals surface area contributed by atoms with E-state index in [0.29, 0.717) is 43.7 Å². The largest absolute Gasteiger partial charge is 0.435 e. The third kappa shape index (κ3) is 5.76. The van der Waals surface area contributed by atoms with Gasteiger partial charge in [-0.2, -0.15) is 8.78 Å². The van der Waals surface area contributed by atoms with Crippen molar-refractivity contribution in [2.45, 2.75) is 26.4 Å². The average molecular weight is 402 g/mol. The van der Waals surface area contributed by atoms with Gasteiger partial charge in [0.25, 0.3) is 5.91 Å². The molecule has 2 amide bonds. The quantitative estimate of drug-likeness (QED) is 0.769. The van der Waals surface area contributed by atoms with Crippen molar-refractivity contribution < 1.29 is 23.1 Å². The Morgan fingerprint density at radius 3 is 2.48 bits per heavy atom. The minimum atomic E-state index is -2.90. The molecular weight excluding hydrogens is 378 g/mol. The number of alkyl halides is 2. The molecule has 29 heavy (non-hydrogen) atoms. The number of aryl methyl sites for hydroxylation is 1. The molecule has 0 N–H and O–H groups in total. The molecule has 0 unspecified atom stereocenters. The van der Waals surface area contributed by atoms with E-state index < -0.39 is 6.61 Å². The van der Waals surface area contributed by atoms with Gasteiger partial charge in [-0.3, -0.25) is 9.59 Å². The van der Waals surface area contributed by atoms with Gasteiger partial charge in [-0.25, -0.2) is 0 Å². The molecule has 1 saturated heterocycles. The summed E-state index contributed by atoms with van der Waals surface area (Å²) in [6.07, 6.45) is 0.796. The van der Waals surface area contributed by atoms with Gasteiger partial charge in [-0.1, -0.05) is 29.8 Å². The second-order valence-corrected chi connectivity index (χ2v) is 7.10. The summed E-state index contributed by atoms with van der Waals surface area (Å²) in [6, 6.07) is 13.7. The van der Waals surface area contributed by atoms with Crippen molar-refractivity contribution in [3.05, 3.63) is 65.2 Å². The summed E-state index contributed by atoms with van der Waals surface area (Å²) in [4.78, 5) is 28.9. The molecule has 0 saturated carbocycles. The number of ether oxygens (including phenoxy) is 1. The highest BCUT2D eigenvalue weighted by atomic mass is 19.3. The van der Waals surface area contributed by atoms with Crippen molar-refractivity contribution in [3.63, 3.8) is 0 Å². The van der Waals surface area contributed by atoms with Crippen LogP contribution in [0.4, 0.5) is 8.78 Å². The second kappa shape index (κ2) is 9.49. The van der Waals surface area contributed by atoms with E-state index in [1.807, 2.05) is 25.1 Å². The van der Waals surface area contributed by atoms with Crippen LogP contribution < -0.4 is 4.74 Å². The van der Waals surface area contributed by atoms with Crippen LogP contribution in [0.15, 0.2) is 48.5 Å². The normalized spacial score (nSPS) is 14.6. The maximum atomic E-state index is 12.7. The topological polar surface area (TPSA) is 49.9 Å². The Labute approximate surface area is 168 Å². The minimum Gasteiger partial charge on any atom is -0.435 e. The average Bonchev–Trinajstić information content (AvgIpc) is 2.93. The molecule has 2 aromatic rings. The molecule has 5 nitrogen and oxygen atoms in total. The van der Waals surface area contributed by atoms with Crippen molar-refractivity contribution in [2.75, 3.05) is 26.2 Å². The summed E-state index contributed by atoms with van der Waals surface area (Å²) in [7, 11) is 0. The first kappa shape index (κ1) is 20.8. The summed E-state index contributed by atoms with van der Waals surface area (Å²) in [6.45, 7) is 1.11. The molecular formula is C22H24F2N2O3. The van der Waals surface area contributed by atoms with Crippen LogP contribution in [0.1, 0.15) is 27.9 Å². The van der Waals surface area contributed by atoms with Crippen LogP contribution in [0.2, 0.25) is 0 Å². The van der Waals surface area contributed by atoms with Crippen molar-refractivity contribution in [1.29, 1.82) is 0 Å². The van der Waals surface area contributed by atoms with Gasteiger partial charge < -0.3 is 14.5 Å². The lowest BCUT2D eigenvalue weighted by Gasteiger charge is -2.22. The summed E-state index contributed by atoms with van der Waals surface area (Å²) in [5, 5.41) is 0. The fourth-order valence-electron chi connectivity index (χ4n) is 3.45. The Kier molecular flexibility index (Phi) is 6.80. The lowest BCUT2D eigenvalue weighted by Crippen LogP contribution is -2.38. The fourth-order valence-corrected chi connectivity index (χ4v) is 3.45. The van der Waals surface area contributed by atoms with Crippen LogP contribution in [-0.4, -0.2) is 54.4 Å². The summed E-state index contributed by atoms with van der Waals surface area (Å²) < 4.78 is 29.1. The van der Waals surface area contributed by atoms with Gasteiger partial charge in [0.1, 0.15) is 5.75 Å². The first-order valence-electron chi connectivity index (χ1n) is 9.60. The van der Waals surface area contributed by atoms with Crippen molar-refractivity contribution in [2.24, 2.45) is 0 Å². The highest BCUT2D eigenvalue weighted by Gasteiger charge is 2.23. The number of amides is 2. The zero-order chi connectivity index (χ0) is 20.8. The molecule has 0 spiro atoms. The lowest BCUT2D eigenvalue weighted by atomic mass is 10.1. The van der Waals surface area contributed by atoms with E-state index in [4.69, 9.17) is 0 Å². The van der Waals surface area contributed by atoms with Crippen LogP contribution in [0.3, 0.4) is 0 Å². The highest BCUT2D eigenvalue weighted by Crippen LogP contribution is 2.17. The number of nitrogens with zero attached hydrogens (tertiary/aromatic N) is 2. The fraction of sp³-hybridized carbons (Fsp3) is 0.364. The van der Waals surface area contributed by atoms with E-state index in [0.717, 1.165) is 5.56 Å². The predicted molar refractivity (Wildman–Crippen MR) is 105 cm³/mol. The van der Waals surface area contributed by atoms with Gasteiger partial charge in [-0.15, -0.1) is 0 Å². The molecule has 154 valence electrons. The number of hydrogen-bond donors (Lipinski definition) is 0. The Bertz CT molecular complexity index is 873. The van der Waals surface area contributed by atoms with Crippen molar-refractivity contribution >= 4 is 11.8 Å². The summed E-state index contributed by atoms with van der Waals surface area (Å²) >= 11 is 0. The molecule has 1 fully saturated rings. The van der Waals surface area contributed by atoms with Crippen molar-refractivity contribution in [3.8, 4) is 5.75 Å². The smallest absolute Gasteiger partial charge is 0.387 e. The SMILES string of the molecule is Cc1cccc(C(=O)N2CCCN(C(=O)Cc3cccc(OC(F)F)c3)CC2)c1. The van der Waals surface area contributed by atoms with Gasteiger partial charge in [0.2, 0.25) is 5.91 Å². The summed E-state index contributed by atoms with van der Waals surface area (Å²) in [5.41, 5.74) is 2.30. The first-order valence-corrected chi connectivity index (χ1v) is 9.60. The van der Waals surface area contributed by atoms with Crippen LogP contribution in [0, 0.1) is 6.92 Å². The molecule has 0 radical (unpaired) electrons. The number of benzene rings is 2. The zero-order valence-corrected chi connectivity index (χ0v) is 16.3. The minimum absolute atomic E-state index is 0.0279. The summed E-state index contributed by atoms with van der Waals surface area (Å²) in [5.74, 6) is -0.0833. The third-order valence-corrected chi connectivity index (χ3v) is 4.88. The van der Waals surface area contributed by atoms with Crippen molar-refractivity contribution in [1.82, 2.24) is 9.80 Å². The lowest BCUT2D eigenvalue weighted by molar-refractivity contribution is -0.130. The monoisotopic (exact) mass is 402 g/mol. The standard InChI is InChI=1S/C22H24F2N2O3/c1-16-5-2-7-18(13-16)21(28)26-10-4-9-25(11-12-26)20(27)15-17-6-3-8-19(14-17)29-22(23)24/h2-3,5-8,13-14,22H,4,9-12,15H2,1H3. The Hall–Kier alpha value is -2.96. The molecule has 1 heterocycles. The van der Waals surface area contributed by atoms with E-state index >= 15 is 0 Å². The maximum Gasteiger partial charge on any atom is 0.387 e. The molecule has 0 aliphatic carbocycles. The zero-order valence-electron chi connectivity index (χ0n) is 16.3.